The lowest BCUT2D eigenvalue weighted by Crippen LogP contribution is -2.25. The van der Waals surface area contributed by atoms with Crippen molar-refractivity contribution in [2.24, 2.45) is 0 Å². The van der Waals surface area contributed by atoms with Crippen molar-refractivity contribution in [3.05, 3.63) is 47.4 Å². The molecule has 0 aromatic carbocycles. The van der Waals surface area contributed by atoms with Gasteiger partial charge in [0.1, 0.15) is 12.7 Å². The molecule has 1 aliphatic rings. The van der Waals surface area contributed by atoms with Gasteiger partial charge in [-0.1, -0.05) is 18.5 Å². The van der Waals surface area contributed by atoms with Crippen LogP contribution in [0.5, 0.6) is 0 Å². The minimum absolute atomic E-state index is 0.111. The second kappa shape index (κ2) is 6.31. The van der Waals surface area contributed by atoms with Gasteiger partial charge in [-0.25, -0.2) is 12.9 Å². The molecule has 0 N–H and O–H groups in total. The van der Waals surface area contributed by atoms with Crippen LogP contribution >= 0.6 is 0 Å². The van der Waals surface area contributed by atoms with E-state index in [1.165, 1.54) is 29.8 Å². The maximum absolute atomic E-state index is 13.0. The second-order valence-electron chi connectivity index (χ2n) is 6.45. The van der Waals surface area contributed by atoms with Gasteiger partial charge in [-0.05, 0) is 12.1 Å². The summed E-state index contributed by atoms with van der Waals surface area (Å²) in [6.07, 6.45) is -2.58. The number of carbonyl (C=O) groups is 1. The van der Waals surface area contributed by atoms with E-state index in [4.69, 9.17) is 7.85 Å². The number of nitrogens with zero attached hydrogens (tertiary/aromatic N) is 4. The molecule has 7 nitrogen and oxygen atoms in total. The van der Waals surface area contributed by atoms with Gasteiger partial charge in [0.2, 0.25) is 0 Å². The van der Waals surface area contributed by atoms with Crippen LogP contribution in [0.4, 0.5) is 19.0 Å². The molecule has 1 amide bonds. The Bertz CT molecular complexity index is 1270. The summed E-state index contributed by atoms with van der Waals surface area (Å²) in [5, 5.41) is 4.19. The van der Waals surface area contributed by atoms with E-state index in [1.54, 1.807) is 0 Å². The summed E-state index contributed by atoms with van der Waals surface area (Å²) in [6, 6.07) is 3.63. The molecule has 2 radical (unpaired) electrons. The van der Waals surface area contributed by atoms with Gasteiger partial charge >= 0.3 is 6.18 Å². The minimum Gasteiger partial charge on any atom is -0.284 e. The summed E-state index contributed by atoms with van der Waals surface area (Å²) >= 11 is 0. The molecule has 0 saturated heterocycles. The molecule has 12 heteroatoms. The number of fused-ring (bicyclic) bond motifs is 2. The van der Waals surface area contributed by atoms with E-state index >= 15 is 0 Å². The molecule has 0 bridgehead atoms. The zero-order chi connectivity index (χ0) is 21.1. The number of alkyl halides is 3. The van der Waals surface area contributed by atoms with Gasteiger partial charge in [-0.3, -0.25) is 14.7 Å². The molecule has 0 fully saturated rings. The molecule has 0 spiro atoms. The highest BCUT2D eigenvalue weighted by atomic mass is 32.2. The normalized spacial score (nSPS) is 14.6. The van der Waals surface area contributed by atoms with Gasteiger partial charge in [0.25, 0.3) is 5.91 Å². The first kappa shape index (κ1) is 19.4. The van der Waals surface area contributed by atoms with Gasteiger partial charge in [0.05, 0.1) is 34.6 Å². The molecule has 3 aromatic rings. The Hall–Kier alpha value is -2.89. The van der Waals surface area contributed by atoms with Crippen molar-refractivity contribution in [1.29, 1.82) is 0 Å². The zero-order valence-electron chi connectivity index (χ0n) is 14.9. The van der Waals surface area contributed by atoms with Crippen LogP contribution in [-0.2, 0) is 22.6 Å². The van der Waals surface area contributed by atoms with Crippen LogP contribution in [0.15, 0.2) is 35.5 Å². The number of pyridine rings is 2. The third kappa shape index (κ3) is 3.07. The number of aromatic nitrogens is 3. The van der Waals surface area contributed by atoms with E-state index in [0.717, 1.165) is 4.90 Å². The maximum Gasteiger partial charge on any atom is 0.417 e. The molecule has 0 aliphatic carbocycles. The molecule has 4 heterocycles. The summed E-state index contributed by atoms with van der Waals surface area (Å²) in [6.45, 7) is 1.24. The second-order valence-corrected chi connectivity index (χ2v) is 8.67. The molecule has 4 rings (SSSR count). The Morgan fingerprint density at radius 1 is 1.28 bits per heavy atom. The van der Waals surface area contributed by atoms with Crippen molar-refractivity contribution in [3.8, 4) is 0 Å². The lowest BCUT2D eigenvalue weighted by Gasteiger charge is -2.14. The molecule has 29 heavy (non-hydrogen) atoms. The average molecular weight is 420 g/mol. The van der Waals surface area contributed by atoms with E-state index in [-0.39, 0.29) is 39.8 Å². The van der Waals surface area contributed by atoms with Gasteiger partial charge in [0.15, 0.2) is 15.7 Å². The summed E-state index contributed by atoms with van der Waals surface area (Å²) < 4.78 is 65.7. The van der Waals surface area contributed by atoms with Crippen LogP contribution in [0.2, 0.25) is 0 Å². The molecule has 0 saturated carbocycles. The predicted molar refractivity (Wildman–Crippen MR) is 98.1 cm³/mol. The quantitative estimate of drug-likeness (QED) is 0.600. The van der Waals surface area contributed by atoms with Crippen LogP contribution in [0.1, 0.15) is 28.5 Å². The van der Waals surface area contributed by atoms with E-state index in [1.807, 2.05) is 0 Å². The molecule has 148 valence electrons. The number of halogens is 3. The predicted octanol–water partition coefficient (Wildman–Crippen LogP) is 1.50. The molecule has 3 aromatic heterocycles. The summed E-state index contributed by atoms with van der Waals surface area (Å²) in [7, 11) is 1.92. The first-order chi connectivity index (χ1) is 13.5. The minimum atomic E-state index is -4.66. The van der Waals surface area contributed by atoms with Crippen LogP contribution < -0.4 is 10.4 Å². The monoisotopic (exact) mass is 420 g/mol. The summed E-state index contributed by atoms with van der Waals surface area (Å²) in [4.78, 5) is 17.4. The van der Waals surface area contributed by atoms with Crippen LogP contribution in [0, 0.1) is 0 Å². The zero-order valence-corrected chi connectivity index (χ0v) is 15.8. The first-order valence-electron chi connectivity index (χ1n) is 8.41. The molecular formula is C17H12BF3N4O3S. The van der Waals surface area contributed by atoms with E-state index < -0.39 is 27.5 Å². The summed E-state index contributed by atoms with van der Waals surface area (Å²) in [5.41, 5.74) is -0.718. The number of sulfone groups is 1. The largest absolute Gasteiger partial charge is 0.417 e. The van der Waals surface area contributed by atoms with Crippen LogP contribution in [0.3, 0.4) is 0 Å². The smallest absolute Gasteiger partial charge is 0.284 e. The number of amides is 1. The van der Waals surface area contributed by atoms with E-state index in [9.17, 15) is 26.4 Å². The number of rotatable bonds is 3. The van der Waals surface area contributed by atoms with Gasteiger partial charge < -0.3 is 0 Å². The Balaban J connectivity index is 1.90. The molecule has 0 atom stereocenters. The number of hydrogen-bond donors (Lipinski definition) is 0. The third-order valence-electron chi connectivity index (χ3n) is 4.62. The van der Waals surface area contributed by atoms with Crippen molar-refractivity contribution >= 4 is 40.4 Å². The number of hydrogen-bond acceptors (Lipinski definition) is 5. The number of carbonyl (C=O) groups excluding carboxylic acids is 1. The van der Waals surface area contributed by atoms with Crippen molar-refractivity contribution < 1.29 is 26.4 Å². The van der Waals surface area contributed by atoms with Gasteiger partial charge in [0, 0.05) is 12.4 Å². The molecule has 1 aliphatic heterocycles. The lowest BCUT2D eigenvalue weighted by atomic mass is 9.98. The fourth-order valence-corrected chi connectivity index (χ4v) is 4.33. The molecular weight excluding hydrogens is 408 g/mol. The fourth-order valence-electron chi connectivity index (χ4n) is 3.14. The Morgan fingerprint density at radius 3 is 2.66 bits per heavy atom. The van der Waals surface area contributed by atoms with Crippen LogP contribution in [-0.4, -0.2) is 42.5 Å². The standard InChI is InChI=1S/C17H12BF3N4O3S/c1-2-29(27,28)14-13-6-10(18)3-4-25(13)23-15(14)24-8-12-11(16(24)26)5-9(7-22-12)17(19,20)21/h3-7H,2,8H2,1H3. The highest BCUT2D eigenvalue weighted by Gasteiger charge is 2.39. The van der Waals surface area contributed by atoms with Gasteiger partial charge in [-0.2, -0.15) is 13.2 Å². The first-order valence-corrected chi connectivity index (χ1v) is 10.1. The van der Waals surface area contributed by atoms with Crippen molar-refractivity contribution in [3.63, 3.8) is 0 Å². The van der Waals surface area contributed by atoms with Crippen LogP contribution in [0.25, 0.3) is 5.52 Å². The SMILES string of the molecule is [B]c1ccn2nc(N3Cc4ncc(C(F)(F)F)cc4C3=O)c(S(=O)(=O)CC)c2c1. The maximum atomic E-state index is 13.0. The molecule has 0 unspecified atom stereocenters. The Labute approximate surface area is 164 Å². The highest BCUT2D eigenvalue weighted by Crippen LogP contribution is 2.36. The average Bonchev–Trinajstić information content (AvgIpc) is 3.18. The van der Waals surface area contributed by atoms with Crippen molar-refractivity contribution in [1.82, 2.24) is 14.6 Å². The van der Waals surface area contributed by atoms with E-state index in [0.29, 0.717) is 17.7 Å². The summed E-state index contributed by atoms with van der Waals surface area (Å²) in [5.74, 6) is -1.24. The third-order valence-corrected chi connectivity index (χ3v) is 6.40. The Kier molecular flexibility index (Phi) is 4.23. The highest BCUT2D eigenvalue weighted by molar-refractivity contribution is 7.91. The van der Waals surface area contributed by atoms with E-state index in [2.05, 4.69) is 10.1 Å². The Morgan fingerprint density at radius 2 is 2.00 bits per heavy atom. The fraction of sp³-hybridized carbons (Fsp3) is 0.235. The van der Waals surface area contributed by atoms with Crippen molar-refractivity contribution in [2.45, 2.75) is 24.5 Å². The topological polar surface area (TPSA) is 84.6 Å². The van der Waals surface area contributed by atoms with Crippen molar-refractivity contribution in [2.75, 3.05) is 10.7 Å². The lowest BCUT2D eigenvalue weighted by molar-refractivity contribution is -0.137. The van der Waals surface area contributed by atoms with Gasteiger partial charge in [-0.15, -0.1) is 5.10 Å². The number of anilines is 1.